The second kappa shape index (κ2) is 6.13. The summed E-state index contributed by atoms with van der Waals surface area (Å²) in [4.78, 5) is 4.35. The zero-order valence-electron chi connectivity index (χ0n) is 10.7. The second-order valence-electron chi connectivity index (χ2n) is 4.10. The first-order chi connectivity index (χ1) is 9.10. The number of halogens is 2. The zero-order valence-corrected chi connectivity index (χ0v) is 12.2. The Kier molecular flexibility index (Phi) is 4.51. The van der Waals surface area contributed by atoms with Crippen LogP contribution >= 0.6 is 23.2 Å². The molecule has 0 amide bonds. The predicted octanol–water partition coefficient (Wildman–Crippen LogP) is 4.32. The van der Waals surface area contributed by atoms with Crippen LogP contribution in [0.25, 0.3) is 0 Å². The lowest BCUT2D eigenvalue weighted by molar-refractivity contribution is 0.301. The van der Waals surface area contributed by atoms with Crippen LogP contribution in [0.2, 0.25) is 10.0 Å². The Morgan fingerprint density at radius 2 is 1.89 bits per heavy atom. The molecule has 0 saturated heterocycles. The summed E-state index contributed by atoms with van der Waals surface area (Å²) in [5, 5.41) is 4.11. The van der Waals surface area contributed by atoms with Gasteiger partial charge in [-0.05, 0) is 36.8 Å². The van der Waals surface area contributed by atoms with E-state index in [4.69, 9.17) is 27.9 Å². The quantitative estimate of drug-likeness (QED) is 0.912. The fourth-order valence-electron chi connectivity index (χ4n) is 1.59. The normalized spacial score (nSPS) is 10.3. The molecule has 0 spiro atoms. The third kappa shape index (κ3) is 3.52. The Balaban J connectivity index is 2.16. The van der Waals surface area contributed by atoms with Crippen molar-refractivity contribution in [2.45, 2.75) is 13.5 Å². The molecule has 1 aromatic heterocycles. The van der Waals surface area contributed by atoms with Gasteiger partial charge in [0.05, 0.1) is 15.7 Å². The first kappa shape index (κ1) is 14.0. The van der Waals surface area contributed by atoms with E-state index < -0.39 is 0 Å². The molecule has 1 heterocycles. The van der Waals surface area contributed by atoms with Gasteiger partial charge in [0.15, 0.2) is 0 Å². The maximum atomic E-state index is 6.09. The number of benzene rings is 1. The maximum Gasteiger partial charge on any atom is 0.138 e. The van der Waals surface area contributed by atoms with Gasteiger partial charge in [-0.2, -0.15) is 0 Å². The van der Waals surface area contributed by atoms with E-state index >= 15 is 0 Å². The maximum absolute atomic E-state index is 6.09. The molecule has 100 valence electrons. The first-order valence-corrected chi connectivity index (χ1v) is 6.58. The standard InChI is InChI=1S/C14H14Cl2N2O/c1-9-3-4-11(16)13(7-9)19-8-12-10(15)5-6-14(17-2)18-12/h3-7H,8H2,1-2H3,(H,17,18). The fourth-order valence-corrected chi connectivity index (χ4v) is 1.92. The number of nitrogens with one attached hydrogen (secondary N) is 1. The highest BCUT2D eigenvalue weighted by molar-refractivity contribution is 6.32. The van der Waals surface area contributed by atoms with Crippen LogP contribution in [0.3, 0.4) is 0 Å². The molecule has 0 unspecified atom stereocenters. The van der Waals surface area contributed by atoms with Crippen molar-refractivity contribution in [2.24, 2.45) is 0 Å². The van der Waals surface area contributed by atoms with Gasteiger partial charge >= 0.3 is 0 Å². The smallest absolute Gasteiger partial charge is 0.138 e. The number of rotatable bonds is 4. The van der Waals surface area contributed by atoms with Gasteiger partial charge in [0.2, 0.25) is 0 Å². The van der Waals surface area contributed by atoms with Crippen LogP contribution in [-0.4, -0.2) is 12.0 Å². The van der Waals surface area contributed by atoms with Gasteiger partial charge in [-0.25, -0.2) is 4.98 Å². The van der Waals surface area contributed by atoms with Gasteiger partial charge in [0, 0.05) is 7.05 Å². The van der Waals surface area contributed by atoms with Gasteiger partial charge in [0.1, 0.15) is 18.2 Å². The van der Waals surface area contributed by atoms with Gasteiger partial charge in [-0.1, -0.05) is 29.3 Å². The molecule has 3 nitrogen and oxygen atoms in total. The molecular weight excluding hydrogens is 283 g/mol. The SMILES string of the molecule is CNc1ccc(Cl)c(COc2cc(C)ccc2Cl)n1. The first-order valence-electron chi connectivity index (χ1n) is 5.82. The molecule has 2 aromatic rings. The summed E-state index contributed by atoms with van der Waals surface area (Å²) in [6.07, 6.45) is 0. The van der Waals surface area contributed by atoms with Gasteiger partial charge in [0.25, 0.3) is 0 Å². The van der Waals surface area contributed by atoms with E-state index in [1.54, 1.807) is 13.1 Å². The number of nitrogens with zero attached hydrogens (tertiary/aromatic N) is 1. The van der Waals surface area contributed by atoms with Crippen LogP contribution in [0.1, 0.15) is 11.3 Å². The summed E-state index contributed by atoms with van der Waals surface area (Å²) in [6.45, 7) is 2.26. The third-order valence-electron chi connectivity index (χ3n) is 2.63. The van der Waals surface area contributed by atoms with Gasteiger partial charge < -0.3 is 10.1 Å². The van der Waals surface area contributed by atoms with E-state index in [1.807, 2.05) is 31.2 Å². The van der Waals surface area contributed by atoms with E-state index in [9.17, 15) is 0 Å². The molecule has 19 heavy (non-hydrogen) atoms. The molecule has 2 rings (SSSR count). The highest BCUT2D eigenvalue weighted by Gasteiger charge is 2.07. The van der Waals surface area contributed by atoms with E-state index in [0.717, 1.165) is 11.4 Å². The van der Waals surface area contributed by atoms with Gasteiger partial charge in [-0.3, -0.25) is 0 Å². The van der Waals surface area contributed by atoms with Crippen molar-refractivity contribution in [1.29, 1.82) is 0 Å². The Hall–Kier alpha value is -1.45. The minimum absolute atomic E-state index is 0.275. The van der Waals surface area contributed by atoms with Crippen LogP contribution in [0, 0.1) is 6.92 Å². The van der Waals surface area contributed by atoms with Crippen LogP contribution in [0.15, 0.2) is 30.3 Å². The summed E-state index contributed by atoms with van der Waals surface area (Å²) in [7, 11) is 1.80. The summed E-state index contributed by atoms with van der Waals surface area (Å²) in [5.74, 6) is 1.38. The molecule has 5 heteroatoms. The van der Waals surface area contributed by atoms with Crippen molar-refractivity contribution >= 4 is 29.0 Å². The summed E-state index contributed by atoms with van der Waals surface area (Å²) in [6, 6.07) is 9.23. The number of hydrogen-bond donors (Lipinski definition) is 1. The lowest BCUT2D eigenvalue weighted by Crippen LogP contribution is -2.02. The lowest BCUT2D eigenvalue weighted by Gasteiger charge is -2.10. The minimum atomic E-state index is 0.275. The second-order valence-corrected chi connectivity index (χ2v) is 4.91. The summed E-state index contributed by atoms with van der Waals surface area (Å²) < 4.78 is 5.68. The molecular formula is C14H14Cl2N2O. The van der Waals surface area contributed by atoms with Crippen molar-refractivity contribution < 1.29 is 4.74 Å². The van der Waals surface area contributed by atoms with Crippen molar-refractivity contribution in [2.75, 3.05) is 12.4 Å². The topological polar surface area (TPSA) is 34.1 Å². The summed E-state index contributed by atoms with van der Waals surface area (Å²) in [5.41, 5.74) is 1.76. The van der Waals surface area contributed by atoms with E-state index in [2.05, 4.69) is 10.3 Å². The molecule has 0 aliphatic rings. The zero-order chi connectivity index (χ0) is 13.8. The Bertz CT molecular complexity index is 588. The van der Waals surface area contributed by atoms with Crippen LogP contribution in [-0.2, 0) is 6.61 Å². The van der Waals surface area contributed by atoms with Crippen molar-refractivity contribution in [1.82, 2.24) is 4.98 Å². The molecule has 1 aromatic carbocycles. The molecule has 0 aliphatic heterocycles. The largest absolute Gasteiger partial charge is 0.486 e. The number of aryl methyl sites for hydroxylation is 1. The molecule has 0 aliphatic carbocycles. The molecule has 0 atom stereocenters. The fraction of sp³-hybridized carbons (Fsp3) is 0.214. The number of pyridine rings is 1. The number of ether oxygens (including phenoxy) is 1. The molecule has 0 bridgehead atoms. The number of hydrogen-bond acceptors (Lipinski definition) is 3. The molecule has 0 radical (unpaired) electrons. The monoisotopic (exact) mass is 296 g/mol. The van der Waals surface area contributed by atoms with Crippen molar-refractivity contribution in [3.8, 4) is 5.75 Å². The van der Waals surface area contributed by atoms with E-state index in [0.29, 0.717) is 21.5 Å². The number of aromatic nitrogens is 1. The van der Waals surface area contributed by atoms with Crippen LogP contribution < -0.4 is 10.1 Å². The van der Waals surface area contributed by atoms with E-state index in [1.165, 1.54) is 0 Å². The predicted molar refractivity (Wildman–Crippen MR) is 79.3 cm³/mol. The van der Waals surface area contributed by atoms with Crippen molar-refractivity contribution in [3.63, 3.8) is 0 Å². The van der Waals surface area contributed by atoms with Crippen LogP contribution in [0.5, 0.6) is 5.75 Å². The lowest BCUT2D eigenvalue weighted by atomic mass is 10.2. The molecule has 1 N–H and O–H groups in total. The average Bonchev–Trinajstić information content (AvgIpc) is 2.41. The molecule has 0 fully saturated rings. The Labute approximate surface area is 122 Å². The van der Waals surface area contributed by atoms with Gasteiger partial charge in [-0.15, -0.1) is 0 Å². The van der Waals surface area contributed by atoms with Crippen LogP contribution in [0.4, 0.5) is 5.82 Å². The molecule has 0 saturated carbocycles. The minimum Gasteiger partial charge on any atom is -0.486 e. The average molecular weight is 297 g/mol. The van der Waals surface area contributed by atoms with Crippen molar-refractivity contribution in [3.05, 3.63) is 51.6 Å². The summed E-state index contributed by atoms with van der Waals surface area (Å²) >= 11 is 12.2. The Morgan fingerprint density at radius 3 is 2.63 bits per heavy atom. The highest BCUT2D eigenvalue weighted by atomic mass is 35.5. The highest BCUT2D eigenvalue weighted by Crippen LogP contribution is 2.27. The number of anilines is 1. The third-order valence-corrected chi connectivity index (χ3v) is 3.28. The Morgan fingerprint density at radius 1 is 1.16 bits per heavy atom. The van der Waals surface area contributed by atoms with E-state index in [-0.39, 0.29) is 6.61 Å².